The number of hydrogen-bond donors (Lipinski definition) is 1. The number of aliphatic carboxylic acids is 1. The van der Waals surface area contributed by atoms with Crippen molar-refractivity contribution in [3.05, 3.63) is 57.0 Å². The number of halogens is 2. The molecule has 2 aromatic rings. The molecule has 0 aliphatic carbocycles. The number of thioether (sulfide) groups is 1. The Morgan fingerprint density at radius 3 is 2.70 bits per heavy atom. The van der Waals surface area contributed by atoms with Crippen molar-refractivity contribution < 1.29 is 19.1 Å². The summed E-state index contributed by atoms with van der Waals surface area (Å²) in [4.78, 5) is 24.6. The molecule has 1 aromatic heterocycles. The second-order valence-corrected chi connectivity index (χ2v) is 7.77. The molecular weight excluding hydrogens is 413 g/mol. The number of carboxylic acid groups (broad SMARTS) is 1. The van der Waals surface area contributed by atoms with Crippen LogP contribution < -0.4 is 0 Å². The SMILES string of the molecule is Cc1nn(Cc2ccc(F)cc2)c(Cl)c1/C=C1\SC(=S)N(CC(=O)O)C1=O. The van der Waals surface area contributed by atoms with E-state index in [0.717, 1.165) is 22.2 Å². The fraction of sp³-hybridized carbons (Fsp3) is 0.176. The van der Waals surface area contributed by atoms with E-state index < -0.39 is 18.4 Å². The number of carbonyl (C=O) groups excluding carboxylic acids is 1. The summed E-state index contributed by atoms with van der Waals surface area (Å²) in [7, 11) is 0. The summed E-state index contributed by atoms with van der Waals surface area (Å²) in [5, 5.41) is 13.6. The van der Waals surface area contributed by atoms with Crippen LogP contribution in [0.4, 0.5) is 4.39 Å². The van der Waals surface area contributed by atoms with Crippen molar-refractivity contribution in [3.8, 4) is 0 Å². The van der Waals surface area contributed by atoms with Crippen molar-refractivity contribution in [1.82, 2.24) is 14.7 Å². The van der Waals surface area contributed by atoms with Gasteiger partial charge in [-0.25, -0.2) is 9.07 Å². The molecule has 1 fully saturated rings. The van der Waals surface area contributed by atoms with Gasteiger partial charge in [-0.05, 0) is 30.7 Å². The van der Waals surface area contributed by atoms with Gasteiger partial charge in [0, 0.05) is 5.56 Å². The van der Waals surface area contributed by atoms with Crippen LogP contribution >= 0.6 is 35.6 Å². The van der Waals surface area contributed by atoms with Crippen LogP contribution in [0.2, 0.25) is 5.15 Å². The van der Waals surface area contributed by atoms with E-state index >= 15 is 0 Å². The molecule has 140 valence electrons. The molecule has 0 unspecified atom stereocenters. The number of rotatable bonds is 5. The van der Waals surface area contributed by atoms with Crippen molar-refractivity contribution in [2.24, 2.45) is 0 Å². The Bertz CT molecular complexity index is 973. The molecule has 6 nitrogen and oxygen atoms in total. The van der Waals surface area contributed by atoms with Crippen LogP contribution in [-0.2, 0) is 16.1 Å². The summed E-state index contributed by atoms with van der Waals surface area (Å²) < 4.78 is 14.8. The van der Waals surface area contributed by atoms with E-state index in [1.165, 1.54) is 12.1 Å². The number of benzene rings is 1. The van der Waals surface area contributed by atoms with Gasteiger partial charge in [-0.3, -0.25) is 14.5 Å². The summed E-state index contributed by atoms with van der Waals surface area (Å²) in [5.41, 5.74) is 1.97. The minimum Gasteiger partial charge on any atom is -0.480 e. The van der Waals surface area contributed by atoms with E-state index in [1.807, 2.05) is 0 Å². The average Bonchev–Trinajstić information content (AvgIpc) is 3.01. The molecule has 3 rings (SSSR count). The van der Waals surface area contributed by atoms with E-state index in [9.17, 15) is 14.0 Å². The number of aryl methyl sites for hydroxylation is 1. The van der Waals surface area contributed by atoms with Gasteiger partial charge in [0.05, 0.1) is 17.1 Å². The number of amides is 1. The van der Waals surface area contributed by atoms with Crippen molar-refractivity contribution in [1.29, 1.82) is 0 Å². The zero-order valence-electron chi connectivity index (χ0n) is 14.0. The standard InChI is InChI=1S/C17H13ClFN3O3S2/c1-9-12(6-13-16(25)21(8-14(23)24)17(26)27-13)15(18)22(20-9)7-10-2-4-11(19)5-3-10/h2-6H,7-8H2,1H3,(H,23,24)/b13-6-. The molecule has 1 aliphatic rings. The molecule has 0 atom stereocenters. The van der Waals surface area contributed by atoms with Crippen molar-refractivity contribution in [2.45, 2.75) is 13.5 Å². The highest BCUT2D eigenvalue weighted by molar-refractivity contribution is 8.26. The Hall–Kier alpha value is -2.23. The van der Waals surface area contributed by atoms with Gasteiger partial charge in [0.15, 0.2) is 0 Å². The van der Waals surface area contributed by atoms with E-state index in [0.29, 0.717) is 23.0 Å². The molecule has 10 heteroatoms. The van der Waals surface area contributed by atoms with E-state index in [-0.39, 0.29) is 15.0 Å². The molecule has 2 heterocycles. The van der Waals surface area contributed by atoms with Gasteiger partial charge in [-0.2, -0.15) is 5.10 Å². The van der Waals surface area contributed by atoms with Gasteiger partial charge in [-0.15, -0.1) is 0 Å². The van der Waals surface area contributed by atoms with Crippen LogP contribution in [0, 0.1) is 12.7 Å². The number of aromatic nitrogens is 2. The molecule has 0 radical (unpaired) electrons. The first-order valence-corrected chi connectivity index (χ1v) is 9.31. The summed E-state index contributed by atoms with van der Waals surface area (Å²) in [6.45, 7) is 1.60. The van der Waals surface area contributed by atoms with Crippen molar-refractivity contribution in [3.63, 3.8) is 0 Å². The summed E-state index contributed by atoms with van der Waals surface area (Å²) in [5.74, 6) is -1.95. The molecule has 27 heavy (non-hydrogen) atoms. The van der Waals surface area contributed by atoms with E-state index in [1.54, 1.807) is 29.8 Å². The number of carbonyl (C=O) groups is 2. The van der Waals surface area contributed by atoms with Gasteiger partial charge in [0.25, 0.3) is 5.91 Å². The van der Waals surface area contributed by atoms with E-state index in [2.05, 4.69) is 5.10 Å². The molecule has 1 saturated heterocycles. The largest absolute Gasteiger partial charge is 0.480 e. The van der Waals surface area contributed by atoms with Gasteiger partial charge in [0.1, 0.15) is 21.8 Å². The van der Waals surface area contributed by atoms with Crippen molar-refractivity contribution in [2.75, 3.05) is 6.54 Å². The third-order valence-electron chi connectivity index (χ3n) is 3.80. The van der Waals surface area contributed by atoms with Crippen LogP contribution in [0.15, 0.2) is 29.2 Å². The quantitative estimate of drug-likeness (QED) is 0.585. The van der Waals surface area contributed by atoms with Gasteiger partial charge in [-0.1, -0.05) is 47.7 Å². The minimum atomic E-state index is -1.14. The second kappa shape index (κ2) is 7.79. The number of carboxylic acids is 1. The lowest BCUT2D eigenvalue weighted by atomic mass is 10.2. The number of nitrogens with zero attached hydrogens (tertiary/aromatic N) is 3. The monoisotopic (exact) mass is 425 g/mol. The van der Waals surface area contributed by atoms with Crippen LogP contribution in [-0.4, -0.2) is 42.5 Å². The first-order chi connectivity index (χ1) is 12.8. The number of hydrogen-bond acceptors (Lipinski definition) is 5. The zero-order chi connectivity index (χ0) is 19.7. The summed E-state index contributed by atoms with van der Waals surface area (Å²) in [6, 6.07) is 5.99. The third kappa shape index (κ3) is 4.20. The molecule has 0 saturated carbocycles. The van der Waals surface area contributed by atoms with Gasteiger partial charge >= 0.3 is 5.97 Å². The fourth-order valence-corrected chi connectivity index (χ4v) is 4.03. The first-order valence-electron chi connectivity index (χ1n) is 7.70. The molecule has 1 N–H and O–H groups in total. The Balaban J connectivity index is 1.87. The van der Waals surface area contributed by atoms with Crippen LogP contribution in [0.3, 0.4) is 0 Å². The highest BCUT2D eigenvalue weighted by atomic mass is 35.5. The molecular formula is C17H13ClFN3O3S2. The van der Waals surface area contributed by atoms with Gasteiger partial charge < -0.3 is 5.11 Å². The predicted octanol–water partition coefficient (Wildman–Crippen LogP) is 3.32. The maximum absolute atomic E-state index is 13.0. The normalized spacial score (nSPS) is 15.8. The predicted molar refractivity (Wildman–Crippen MR) is 105 cm³/mol. The molecule has 1 aliphatic heterocycles. The maximum Gasteiger partial charge on any atom is 0.323 e. The van der Waals surface area contributed by atoms with E-state index in [4.69, 9.17) is 28.9 Å². The molecule has 0 bridgehead atoms. The van der Waals surface area contributed by atoms with Crippen LogP contribution in [0.1, 0.15) is 16.8 Å². The van der Waals surface area contributed by atoms with Gasteiger partial charge in [0.2, 0.25) is 0 Å². The zero-order valence-corrected chi connectivity index (χ0v) is 16.4. The summed E-state index contributed by atoms with van der Waals surface area (Å²) in [6.07, 6.45) is 1.56. The second-order valence-electron chi connectivity index (χ2n) is 5.74. The van der Waals surface area contributed by atoms with Crippen molar-refractivity contribution >= 4 is 57.9 Å². The smallest absolute Gasteiger partial charge is 0.323 e. The molecule has 1 amide bonds. The lowest BCUT2D eigenvalue weighted by molar-refractivity contribution is -0.140. The first kappa shape index (κ1) is 19.5. The Labute approximate surface area is 168 Å². The average molecular weight is 426 g/mol. The van der Waals surface area contributed by atoms with Crippen LogP contribution in [0.5, 0.6) is 0 Å². The Morgan fingerprint density at radius 1 is 1.41 bits per heavy atom. The highest BCUT2D eigenvalue weighted by Crippen LogP contribution is 2.34. The lowest BCUT2D eigenvalue weighted by Gasteiger charge is -2.10. The minimum absolute atomic E-state index is 0.182. The number of thiocarbonyl (C=S) groups is 1. The fourth-order valence-electron chi connectivity index (χ4n) is 2.50. The van der Waals surface area contributed by atoms with Crippen LogP contribution in [0.25, 0.3) is 6.08 Å². The topological polar surface area (TPSA) is 75.4 Å². The molecule has 0 spiro atoms. The Morgan fingerprint density at radius 2 is 2.07 bits per heavy atom. The lowest BCUT2D eigenvalue weighted by Crippen LogP contribution is -2.33. The third-order valence-corrected chi connectivity index (χ3v) is 5.57. The maximum atomic E-state index is 13.0. The summed E-state index contributed by atoms with van der Waals surface area (Å²) >= 11 is 12.5. The Kier molecular flexibility index (Phi) is 5.64. The highest BCUT2D eigenvalue weighted by Gasteiger charge is 2.33. The molecule has 1 aromatic carbocycles.